The maximum atomic E-state index is 2.99. The van der Waals surface area contributed by atoms with Gasteiger partial charge in [0, 0.05) is 10.8 Å². The fourth-order valence-corrected chi connectivity index (χ4v) is 9.83. The van der Waals surface area contributed by atoms with Gasteiger partial charge in [-0.25, -0.2) is 12.2 Å². The number of halogens is 2. The Labute approximate surface area is 285 Å². The summed E-state index contributed by atoms with van der Waals surface area (Å²) in [6, 6.07) is 0. The molecule has 0 saturated heterocycles. The summed E-state index contributed by atoms with van der Waals surface area (Å²) in [6.45, 7) is 24.7. The molecule has 0 aromatic rings. The van der Waals surface area contributed by atoms with Crippen LogP contribution in [-0.2, 0) is 24.2 Å². The van der Waals surface area contributed by atoms with Gasteiger partial charge < -0.3 is 31.2 Å². The van der Waals surface area contributed by atoms with Gasteiger partial charge in [0.2, 0.25) is 0 Å². The molecule has 8 unspecified atom stereocenters. The van der Waals surface area contributed by atoms with Crippen LogP contribution >= 0.6 is 0 Å². The molecule has 6 aliphatic carbocycles. The van der Waals surface area contributed by atoms with Crippen LogP contribution < -0.4 is 24.8 Å². The Bertz CT molecular complexity index is 1260. The maximum Gasteiger partial charge on any atom is -0.109 e. The fourth-order valence-electron chi connectivity index (χ4n) is 9.83. The van der Waals surface area contributed by atoms with Crippen LogP contribution in [0.25, 0.3) is 0 Å². The summed E-state index contributed by atoms with van der Waals surface area (Å²) in [6.07, 6.45) is 41.8. The maximum absolute atomic E-state index is 2.99. The SMILES string of the molecule is CC1=CC=CC2[CH-]C3(C)C4(C)C=CC=CC4(C)C4(C)C=CC=CC4(C)C3(C)C12C.CC[C](=[Zr+2])CC.[C-]1=CC=CC1.[Cl-].[Cl-]. The average molecular weight is 683 g/mol. The van der Waals surface area contributed by atoms with Crippen LogP contribution in [-0.4, -0.2) is 3.21 Å². The van der Waals surface area contributed by atoms with Gasteiger partial charge in [-0.1, -0.05) is 115 Å². The van der Waals surface area contributed by atoms with E-state index in [4.69, 9.17) is 0 Å². The number of rotatable bonds is 2. The van der Waals surface area contributed by atoms with E-state index in [0.717, 1.165) is 6.42 Å². The Morgan fingerprint density at radius 3 is 1.71 bits per heavy atom. The molecule has 0 spiro atoms. The molecule has 3 heteroatoms. The molecule has 0 aliphatic heterocycles. The first-order chi connectivity index (χ1) is 18.7. The summed E-state index contributed by atoms with van der Waals surface area (Å²) in [5.74, 6) is 0.460. The molecule has 0 radical (unpaired) electrons. The summed E-state index contributed by atoms with van der Waals surface area (Å²) < 4.78 is 1.68. The molecule has 2 saturated carbocycles. The average Bonchev–Trinajstić information content (AvgIpc) is 3.58. The minimum absolute atomic E-state index is 0. The van der Waals surface area contributed by atoms with Crippen molar-refractivity contribution >= 4 is 3.21 Å². The van der Waals surface area contributed by atoms with Crippen LogP contribution in [0.5, 0.6) is 0 Å². The van der Waals surface area contributed by atoms with Gasteiger partial charge in [0.25, 0.3) is 0 Å². The molecule has 42 heavy (non-hydrogen) atoms. The van der Waals surface area contributed by atoms with Crippen molar-refractivity contribution in [3.63, 3.8) is 0 Å². The van der Waals surface area contributed by atoms with Gasteiger partial charge in [-0.3, -0.25) is 6.08 Å². The zero-order valence-corrected chi connectivity index (χ0v) is 31.6. The summed E-state index contributed by atoms with van der Waals surface area (Å²) in [7, 11) is 0. The van der Waals surface area contributed by atoms with Crippen molar-refractivity contribution in [2.45, 2.75) is 88.5 Å². The van der Waals surface area contributed by atoms with Crippen molar-refractivity contribution in [2.75, 3.05) is 0 Å². The summed E-state index contributed by atoms with van der Waals surface area (Å²) in [4.78, 5) is 0. The smallest absolute Gasteiger partial charge is 0.109 e. The van der Waals surface area contributed by atoms with Crippen molar-refractivity contribution in [3.8, 4) is 0 Å². The van der Waals surface area contributed by atoms with Crippen molar-refractivity contribution in [1.82, 2.24) is 0 Å². The van der Waals surface area contributed by atoms with Gasteiger partial charge in [-0.05, 0) is 28.6 Å². The molecule has 2 fully saturated rings. The zero-order valence-electron chi connectivity index (χ0n) is 27.6. The molecule has 0 nitrogen and oxygen atoms in total. The Balaban J connectivity index is 0.000000403. The number of fused-ring (bicyclic) bond motifs is 8. The molecule has 0 N–H and O–H groups in total. The van der Waals surface area contributed by atoms with Gasteiger partial charge >= 0.3 is 54.1 Å². The number of hydrogen-bond donors (Lipinski definition) is 0. The molecule has 0 amide bonds. The van der Waals surface area contributed by atoms with Gasteiger partial charge in [-0.15, -0.1) is 23.8 Å². The first-order valence-corrected chi connectivity index (χ1v) is 16.7. The largest absolute Gasteiger partial charge is 1.00 e. The molecule has 8 atom stereocenters. The summed E-state index contributed by atoms with van der Waals surface area (Å²) >= 11 is 1.62. The topological polar surface area (TPSA) is 0 Å². The predicted octanol–water partition coefficient (Wildman–Crippen LogP) is 4.49. The number of hydrogen-bond acceptors (Lipinski definition) is 0. The summed E-state index contributed by atoms with van der Waals surface area (Å²) in [5.41, 5.74) is 1.73. The van der Waals surface area contributed by atoms with E-state index < -0.39 is 0 Å². The van der Waals surface area contributed by atoms with Gasteiger partial charge in [0.1, 0.15) is 0 Å². The first-order valence-electron chi connectivity index (χ1n) is 15.4. The molecule has 0 bridgehead atoms. The second-order valence-corrected chi connectivity index (χ2v) is 15.8. The molecule has 228 valence electrons. The Morgan fingerprint density at radius 1 is 0.786 bits per heavy atom. The quantitative estimate of drug-likeness (QED) is 0.377. The van der Waals surface area contributed by atoms with E-state index in [1.807, 2.05) is 12.2 Å². The van der Waals surface area contributed by atoms with Crippen molar-refractivity contribution in [3.05, 3.63) is 103 Å². The van der Waals surface area contributed by atoms with Crippen molar-refractivity contribution in [1.29, 1.82) is 0 Å². The van der Waals surface area contributed by atoms with E-state index in [1.54, 1.807) is 27.4 Å². The van der Waals surface area contributed by atoms with Crippen LogP contribution in [0.3, 0.4) is 0 Å². The normalized spacial score (nSPS) is 44.1. The first kappa shape index (κ1) is 37.4. The third kappa shape index (κ3) is 4.56. The third-order valence-electron chi connectivity index (χ3n) is 13.5. The van der Waals surface area contributed by atoms with E-state index in [9.17, 15) is 0 Å². The molecular formula is C39H52Cl2Zr-2. The van der Waals surface area contributed by atoms with Crippen LogP contribution in [0.1, 0.15) is 88.5 Å². The molecule has 0 heterocycles. The molecular weight excluding hydrogens is 631 g/mol. The van der Waals surface area contributed by atoms with E-state index in [-0.39, 0.29) is 62.7 Å². The van der Waals surface area contributed by atoms with Crippen LogP contribution in [0.4, 0.5) is 0 Å². The van der Waals surface area contributed by atoms with E-state index >= 15 is 0 Å². The number of allylic oxidation sites excluding steroid dienone is 16. The fraction of sp³-hybridized carbons (Fsp3) is 0.538. The van der Waals surface area contributed by atoms with Crippen LogP contribution in [0.2, 0.25) is 0 Å². The molecule has 0 aromatic carbocycles. The minimum Gasteiger partial charge on any atom is -1.00 e. The summed E-state index contributed by atoms with van der Waals surface area (Å²) in [5, 5.41) is 0. The van der Waals surface area contributed by atoms with Crippen molar-refractivity contribution < 1.29 is 49.0 Å². The van der Waals surface area contributed by atoms with Crippen LogP contribution in [0, 0.1) is 56.3 Å². The zero-order chi connectivity index (χ0) is 29.7. The molecule has 6 aliphatic rings. The molecule has 6 rings (SSSR count). The third-order valence-corrected chi connectivity index (χ3v) is 15.2. The molecule has 0 aromatic heterocycles. The van der Waals surface area contributed by atoms with Gasteiger partial charge in [0.05, 0.1) is 0 Å². The van der Waals surface area contributed by atoms with Gasteiger partial charge in [0.15, 0.2) is 0 Å². The predicted molar refractivity (Wildman–Crippen MR) is 171 cm³/mol. The second kappa shape index (κ2) is 12.9. The van der Waals surface area contributed by atoms with Crippen LogP contribution in [0.15, 0.2) is 90.6 Å². The Kier molecular flexibility index (Phi) is 11.5. The van der Waals surface area contributed by atoms with Gasteiger partial charge in [-0.2, -0.15) is 6.08 Å². The minimum atomic E-state index is 0. The second-order valence-electron chi connectivity index (χ2n) is 14.0. The monoisotopic (exact) mass is 680 g/mol. The van der Waals surface area contributed by atoms with Crippen molar-refractivity contribution in [2.24, 2.45) is 43.8 Å². The van der Waals surface area contributed by atoms with E-state index in [2.05, 4.69) is 155 Å². The Morgan fingerprint density at radius 2 is 1.29 bits per heavy atom. The van der Waals surface area contributed by atoms with E-state index in [0.29, 0.717) is 5.92 Å². The standard InChI is InChI=1S/C29H37.C5H5.C5H10.2ClH.Zr/c1-21-14-13-15-22-20-27(6)25(4)18-10-9-16-23(25,2)24(3)17-11-12-19-26(24,5)29(27,8)28(21,22)7;1-2-4-5-3-1;1-3-5-4-2;;;/h9-20,22H,1-8H3;1-3H,4H2;3-4H2,1-2H3;2*1H;/q2*-1;;;;+2/p-2. The Hall–Kier alpha value is -0.747. The van der Waals surface area contributed by atoms with E-state index in [1.165, 1.54) is 18.4 Å².